The summed E-state index contributed by atoms with van der Waals surface area (Å²) < 4.78 is 34.5. The molecule has 58 valence electrons. The minimum absolute atomic E-state index is 0.248. The molecule has 0 unspecified atom stereocenters. The molecule has 1 aliphatic rings. The zero-order valence-corrected chi connectivity index (χ0v) is 5.11. The van der Waals surface area contributed by atoms with Crippen LogP contribution in [-0.4, -0.2) is 30.1 Å². The standard InChI is InChI=1S/C5H6F3NO/c6-5(7,8)3-9-2-1-4(9)10/h1-3H2. The molecule has 1 fully saturated rings. The molecule has 0 aromatic heterocycles. The normalized spacial score (nSPS) is 19.1. The number of nitrogens with zero attached hydrogens (tertiary/aromatic N) is 1. The summed E-state index contributed by atoms with van der Waals surface area (Å²) >= 11 is 0. The third-order valence-electron chi connectivity index (χ3n) is 1.32. The molecule has 1 rings (SSSR count). The molecule has 0 N–H and O–H groups in total. The van der Waals surface area contributed by atoms with Crippen LogP contribution in [0, 0.1) is 0 Å². The number of carbonyl (C=O) groups excluding carboxylic acids is 1. The van der Waals surface area contributed by atoms with E-state index in [1.54, 1.807) is 0 Å². The van der Waals surface area contributed by atoms with Crippen molar-refractivity contribution >= 4 is 5.91 Å². The Morgan fingerprint density at radius 2 is 2.10 bits per heavy atom. The topological polar surface area (TPSA) is 20.3 Å². The van der Waals surface area contributed by atoms with Crippen LogP contribution in [-0.2, 0) is 4.79 Å². The maximum absolute atomic E-state index is 11.5. The highest BCUT2D eigenvalue weighted by atomic mass is 19.4. The van der Waals surface area contributed by atoms with Gasteiger partial charge in [0.2, 0.25) is 5.91 Å². The van der Waals surface area contributed by atoms with Crippen LogP contribution in [0.4, 0.5) is 13.2 Å². The van der Waals surface area contributed by atoms with E-state index < -0.39 is 18.6 Å². The lowest BCUT2D eigenvalue weighted by atomic mass is 10.2. The molecule has 0 aliphatic carbocycles. The third-order valence-corrected chi connectivity index (χ3v) is 1.32. The average Bonchev–Trinajstić information content (AvgIpc) is 1.78. The SMILES string of the molecule is O=C1CCN1CC(F)(F)F. The molecule has 1 aliphatic heterocycles. The number of rotatable bonds is 1. The van der Waals surface area contributed by atoms with Crippen molar-refractivity contribution < 1.29 is 18.0 Å². The van der Waals surface area contributed by atoms with Crippen LogP contribution in [0.15, 0.2) is 0 Å². The van der Waals surface area contributed by atoms with Crippen molar-refractivity contribution in [2.75, 3.05) is 13.1 Å². The Morgan fingerprint density at radius 3 is 2.20 bits per heavy atom. The van der Waals surface area contributed by atoms with Gasteiger partial charge < -0.3 is 4.90 Å². The molecule has 1 amide bonds. The van der Waals surface area contributed by atoms with E-state index in [-0.39, 0.29) is 13.0 Å². The average molecular weight is 153 g/mol. The van der Waals surface area contributed by atoms with Crippen LogP contribution < -0.4 is 0 Å². The fourth-order valence-corrected chi connectivity index (χ4v) is 0.745. The van der Waals surface area contributed by atoms with E-state index in [0.29, 0.717) is 0 Å². The van der Waals surface area contributed by atoms with Gasteiger partial charge in [-0.2, -0.15) is 13.2 Å². The summed E-state index contributed by atoms with van der Waals surface area (Å²) in [5, 5.41) is 0. The summed E-state index contributed by atoms with van der Waals surface area (Å²) in [7, 11) is 0. The van der Waals surface area contributed by atoms with Crippen molar-refractivity contribution in [3.05, 3.63) is 0 Å². The van der Waals surface area contributed by atoms with Crippen molar-refractivity contribution in [1.29, 1.82) is 0 Å². The molecule has 10 heavy (non-hydrogen) atoms. The number of hydrogen-bond acceptors (Lipinski definition) is 1. The molecular formula is C5H6F3NO. The maximum atomic E-state index is 11.5. The fourth-order valence-electron chi connectivity index (χ4n) is 0.745. The Balaban J connectivity index is 2.32. The van der Waals surface area contributed by atoms with Crippen LogP contribution >= 0.6 is 0 Å². The number of β-lactam (4-membered cyclic amide) rings is 1. The van der Waals surface area contributed by atoms with Gasteiger partial charge in [0.05, 0.1) is 0 Å². The maximum Gasteiger partial charge on any atom is 0.406 e. The molecule has 0 aromatic carbocycles. The largest absolute Gasteiger partial charge is 0.406 e. The number of carbonyl (C=O) groups is 1. The summed E-state index contributed by atoms with van der Waals surface area (Å²) in [5.41, 5.74) is 0. The van der Waals surface area contributed by atoms with E-state index in [4.69, 9.17) is 0 Å². The highest BCUT2D eigenvalue weighted by Crippen LogP contribution is 2.20. The van der Waals surface area contributed by atoms with Crippen LogP contribution in [0.25, 0.3) is 0 Å². The first kappa shape index (κ1) is 7.37. The number of hydrogen-bond donors (Lipinski definition) is 0. The van der Waals surface area contributed by atoms with E-state index in [1.807, 2.05) is 0 Å². The monoisotopic (exact) mass is 153 g/mol. The number of likely N-dealkylation sites (tertiary alicyclic amines) is 1. The highest BCUT2D eigenvalue weighted by molar-refractivity contribution is 5.81. The van der Waals surface area contributed by atoms with Crippen molar-refractivity contribution in [1.82, 2.24) is 4.90 Å². The van der Waals surface area contributed by atoms with E-state index in [1.165, 1.54) is 0 Å². The van der Waals surface area contributed by atoms with Crippen molar-refractivity contribution in [3.8, 4) is 0 Å². The summed E-state index contributed by atoms with van der Waals surface area (Å²) in [5.74, 6) is -0.405. The van der Waals surface area contributed by atoms with Crippen LogP contribution in [0.5, 0.6) is 0 Å². The zero-order chi connectivity index (χ0) is 7.78. The quantitative estimate of drug-likeness (QED) is 0.510. The Kier molecular flexibility index (Phi) is 1.58. The Morgan fingerprint density at radius 1 is 1.50 bits per heavy atom. The first-order valence-corrected chi connectivity index (χ1v) is 2.83. The molecule has 0 bridgehead atoms. The van der Waals surface area contributed by atoms with Gasteiger partial charge in [0, 0.05) is 13.0 Å². The minimum atomic E-state index is -4.24. The summed E-state index contributed by atoms with van der Waals surface area (Å²) in [6.07, 6.45) is -3.98. The Labute approximate surface area is 55.6 Å². The molecule has 5 heteroatoms. The number of amides is 1. The lowest BCUT2D eigenvalue weighted by Gasteiger charge is -2.31. The number of halogens is 3. The molecular weight excluding hydrogens is 147 g/mol. The van der Waals surface area contributed by atoms with E-state index in [0.717, 1.165) is 4.90 Å². The smallest absolute Gasteiger partial charge is 0.333 e. The van der Waals surface area contributed by atoms with E-state index in [9.17, 15) is 18.0 Å². The summed E-state index contributed by atoms with van der Waals surface area (Å²) in [6.45, 7) is -0.843. The van der Waals surface area contributed by atoms with Gasteiger partial charge in [0.15, 0.2) is 0 Å². The minimum Gasteiger partial charge on any atom is -0.333 e. The van der Waals surface area contributed by atoms with Crippen LogP contribution in [0.3, 0.4) is 0 Å². The van der Waals surface area contributed by atoms with E-state index >= 15 is 0 Å². The second kappa shape index (κ2) is 2.14. The van der Waals surface area contributed by atoms with Crippen LogP contribution in [0.2, 0.25) is 0 Å². The molecule has 0 spiro atoms. The molecule has 0 saturated carbocycles. The van der Waals surface area contributed by atoms with Crippen molar-refractivity contribution in [2.24, 2.45) is 0 Å². The number of alkyl halides is 3. The lowest BCUT2D eigenvalue weighted by molar-refractivity contribution is -0.170. The Hall–Kier alpha value is -0.740. The van der Waals surface area contributed by atoms with Gasteiger partial charge in [0.25, 0.3) is 0 Å². The summed E-state index contributed by atoms with van der Waals surface area (Å²) in [4.78, 5) is 11.1. The summed E-state index contributed by atoms with van der Waals surface area (Å²) in [6, 6.07) is 0. The third kappa shape index (κ3) is 1.62. The van der Waals surface area contributed by atoms with Crippen molar-refractivity contribution in [2.45, 2.75) is 12.6 Å². The van der Waals surface area contributed by atoms with Gasteiger partial charge >= 0.3 is 6.18 Å². The second-order valence-corrected chi connectivity index (χ2v) is 2.18. The van der Waals surface area contributed by atoms with Gasteiger partial charge in [-0.1, -0.05) is 0 Å². The van der Waals surface area contributed by atoms with Crippen molar-refractivity contribution in [3.63, 3.8) is 0 Å². The molecule has 1 heterocycles. The first-order valence-electron chi connectivity index (χ1n) is 2.83. The Bertz CT molecular complexity index is 153. The first-order chi connectivity index (χ1) is 4.49. The van der Waals surface area contributed by atoms with Gasteiger partial charge in [-0.15, -0.1) is 0 Å². The van der Waals surface area contributed by atoms with Gasteiger partial charge in [-0.25, -0.2) is 0 Å². The predicted octanol–water partition coefficient (Wildman–Crippen LogP) is 0.781. The van der Waals surface area contributed by atoms with E-state index in [2.05, 4.69) is 0 Å². The van der Waals surface area contributed by atoms with Gasteiger partial charge in [-0.3, -0.25) is 4.79 Å². The molecule has 0 aromatic rings. The van der Waals surface area contributed by atoms with Gasteiger partial charge in [-0.05, 0) is 0 Å². The predicted molar refractivity (Wildman–Crippen MR) is 27.3 cm³/mol. The van der Waals surface area contributed by atoms with Crippen LogP contribution in [0.1, 0.15) is 6.42 Å². The molecule has 0 radical (unpaired) electrons. The highest BCUT2D eigenvalue weighted by Gasteiger charge is 2.36. The zero-order valence-electron chi connectivity index (χ0n) is 5.11. The molecule has 2 nitrogen and oxygen atoms in total. The lowest BCUT2D eigenvalue weighted by Crippen LogP contribution is -2.48. The second-order valence-electron chi connectivity index (χ2n) is 2.18. The fraction of sp³-hybridized carbons (Fsp3) is 0.800. The molecule has 1 saturated heterocycles. The van der Waals surface area contributed by atoms with Gasteiger partial charge in [0.1, 0.15) is 6.54 Å². The molecule has 0 atom stereocenters.